The van der Waals surface area contributed by atoms with Gasteiger partial charge in [-0.1, -0.05) is 41.9 Å². The number of hydrogen-bond donors (Lipinski definition) is 2. The van der Waals surface area contributed by atoms with Crippen LogP contribution in [0.5, 0.6) is 23.3 Å². The summed E-state index contributed by atoms with van der Waals surface area (Å²) in [7, 11) is 3.06. The number of aromatic nitrogens is 4. The Labute approximate surface area is 414 Å². The molecule has 3 aliphatic heterocycles. The van der Waals surface area contributed by atoms with Crippen LogP contribution in [-0.2, 0) is 19.3 Å². The average Bonchev–Trinajstić information content (AvgIpc) is 3.54. The molecule has 72 heavy (non-hydrogen) atoms. The summed E-state index contributed by atoms with van der Waals surface area (Å²) < 4.78 is 118. The summed E-state index contributed by atoms with van der Waals surface area (Å²) >= 11 is 7.19. The van der Waals surface area contributed by atoms with Crippen molar-refractivity contribution in [2.45, 2.75) is 76.3 Å². The van der Waals surface area contributed by atoms with Crippen molar-refractivity contribution in [1.29, 1.82) is 0 Å². The van der Waals surface area contributed by atoms with Crippen molar-refractivity contribution in [2.75, 3.05) is 62.2 Å². The number of nitrogens with zero attached hydrogens (tertiary/aromatic N) is 7. The molecule has 1 spiro atoms. The Morgan fingerprint density at radius 1 is 0.986 bits per heavy atom. The molecule has 3 aromatic heterocycles. The van der Waals surface area contributed by atoms with Gasteiger partial charge in [-0.3, -0.25) is 10.2 Å². The molecule has 1 amide bonds. The second-order valence-electron chi connectivity index (χ2n) is 18.9. The fraction of sp³-hybridized carbons (Fsp3) is 0.392. The van der Waals surface area contributed by atoms with Gasteiger partial charge in [-0.25, -0.2) is 27.9 Å². The first-order chi connectivity index (χ1) is 34.3. The molecule has 0 radical (unpaired) electrons. The molecule has 14 nitrogen and oxygen atoms in total. The van der Waals surface area contributed by atoms with Crippen LogP contribution in [0.3, 0.4) is 0 Å². The zero-order chi connectivity index (χ0) is 50.9. The van der Waals surface area contributed by atoms with E-state index >= 15 is 17.6 Å². The Balaban J connectivity index is 1.15. The zero-order valence-electron chi connectivity index (χ0n) is 39.5. The van der Waals surface area contributed by atoms with Gasteiger partial charge in [-0.15, -0.1) is 0 Å². The van der Waals surface area contributed by atoms with Gasteiger partial charge in [-0.2, -0.15) is 23.1 Å². The number of ether oxygens (including phenoxy) is 4. The van der Waals surface area contributed by atoms with Gasteiger partial charge < -0.3 is 33.9 Å². The molecule has 1 saturated carbocycles. The maximum atomic E-state index is 18.2. The van der Waals surface area contributed by atoms with Crippen molar-refractivity contribution in [3.8, 4) is 34.5 Å². The van der Waals surface area contributed by atoms with E-state index in [4.69, 9.17) is 35.5 Å². The van der Waals surface area contributed by atoms with Gasteiger partial charge in [0.25, 0.3) is 5.92 Å². The van der Waals surface area contributed by atoms with E-state index in [-0.39, 0.29) is 92.4 Å². The van der Waals surface area contributed by atoms with E-state index in [9.17, 15) is 18.7 Å². The standard InChI is InChI=1S/C51H49ClF6N8O6/c1-28-21-35(64(22-30-8-12-32(69-3)13-9-30)23-31-10-14-33(70-4)15-11-31)60-41(38(28)51(56,57)58)36-39(52)43-37-42(40(36)53)61-46(72-27-49-16-6-18-65(49)26-48(24-49)25-50(48,54)55)63-45(37)66(19-20-71-43)29(2)34-7-5-17-59-44(34)62-47(67)68/h5,7-15,17,21,29H,6,16,18-20,22-27H2,1-4H3,(H,59,62)(H,67,68)/t29-,48-,49+/m1/s1. The Morgan fingerprint density at radius 2 is 1.65 bits per heavy atom. The minimum absolute atomic E-state index is 0.00367. The highest BCUT2D eigenvalue weighted by Gasteiger charge is 2.77. The summed E-state index contributed by atoms with van der Waals surface area (Å²) in [5.41, 5.74) is -3.65. The highest BCUT2D eigenvalue weighted by Crippen LogP contribution is 2.69. The highest BCUT2D eigenvalue weighted by atomic mass is 35.5. The number of alkyl halides is 5. The van der Waals surface area contributed by atoms with E-state index in [1.807, 2.05) is 29.2 Å². The molecule has 0 bridgehead atoms. The summed E-state index contributed by atoms with van der Waals surface area (Å²) in [5.74, 6) is -3.07. The Morgan fingerprint density at radius 3 is 2.26 bits per heavy atom. The monoisotopic (exact) mass is 1020 g/mol. The maximum Gasteiger partial charge on any atom is 0.418 e. The van der Waals surface area contributed by atoms with Gasteiger partial charge >= 0.3 is 18.3 Å². The van der Waals surface area contributed by atoms with E-state index in [0.717, 1.165) is 17.5 Å². The molecular weight excluding hydrogens is 970 g/mol. The number of pyridine rings is 2. The van der Waals surface area contributed by atoms with Crippen LogP contribution in [-0.4, -0.2) is 94.6 Å². The third-order valence-electron chi connectivity index (χ3n) is 14.5. The fourth-order valence-electron chi connectivity index (χ4n) is 10.8. The number of benzene rings is 3. The number of halogens is 7. The first-order valence-electron chi connectivity index (χ1n) is 23.3. The van der Waals surface area contributed by atoms with Crippen LogP contribution in [0.1, 0.15) is 66.5 Å². The number of hydrogen-bond acceptors (Lipinski definition) is 12. The van der Waals surface area contributed by atoms with Crippen LogP contribution in [0.15, 0.2) is 72.9 Å². The topological polar surface area (TPSA) is 148 Å². The summed E-state index contributed by atoms with van der Waals surface area (Å²) in [5, 5.41) is 11.3. The normalized spacial score (nSPS) is 20.5. The number of methoxy groups -OCH3 is 2. The summed E-state index contributed by atoms with van der Waals surface area (Å²) in [6.07, 6.45) is -3.83. The fourth-order valence-corrected chi connectivity index (χ4v) is 11.2. The quantitative estimate of drug-likeness (QED) is 0.0999. The lowest BCUT2D eigenvalue weighted by Gasteiger charge is -2.32. The SMILES string of the molecule is COc1ccc(CN(Cc2ccc(OC)cc2)c2cc(C)c(C(F)(F)F)c(-c3c(Cl)c4c5c(nc(OC[C@@]67CCCN6C[C@]6(CC6(F)F)C7)nc5c3F)N([C@H](C)c3cccnc3NC(=O)O)CCO4)n2)cc1. The van der Waals surface area contributed by atoms with E-state index in [0.29, 0.717) is 30.0 Å². The molecule has 2 saturated heterocycles. The lowest BCUT2D eigenvalue weighted by atomic mass is 9.89. The Kier molecular flexibility index (Phi) is 12.4. The van der Waals surface area contributed by atoms with E-state index in [1.54, 1.807) is 53.1 Å². The molecule has 378 valence electrons. The third-order valence-corrected chi connectivity index (χ3v) is 14.8. The number of anilines is 3. The number of carbonyl (C=O) groups is 1. The first kappa shape index (κ1) is 48.8. The first-order valence-corrected chi connectivity index (χ1v) is 23.6. The van der Waals surface area contributed by atoms with Crippen molar-refractivity contribution in [1.82, 2.24) is 24.8 Å². The molecule has 1 aliphatic carbocycles. The van der Waals surface area contributed by atoms with Crippen molar-refractivity contribution >= 4 is 46.1 Å². The van der Waals surface area contributed by atoms with Crippen molar-refractivity contribution in [2.24, 2.45) is 5.41 Å². The van der Waals surface area contributed by atoms with Crippen molar-refractivity contribution in [3.63, 3.8) is 0 Å². The van der Waals surface area contributed by atoms with Gasteiger partial charge in [-0.05, 0) is 92.7 Å². The van der Waals surface area contributed by atoms with Crippen LogP contribution in [0.4, 0.5) is 48.6 Å². The van der Waals surface area contributed by atoms with Crippen LogP contribution >= 0.6 is 11.6 Å². The summed E-state index contributed by atoms with van der Waals surface area (Å²) in [6.45, 7) is 3.79. The molecular formula is C51H49ClF6N8O6. The summed E-state index contributed by atoms with van der Waals surface area (Å²) in [6, 6.07) is 17.7. The molecule has 4 aliphatic rings. The van der Waals surface area contributed by atoms with Crippen molar-refractivity contribution < 1.29 is 55.2 Å². The second-order valence-corrected chi connectivity index (χ2v) is 19.3. The number of nitrogens with one attached hydrogen (secondary N) is 1. The molecule has 2 N–H and O–H groups in total. The molecule has 3 atom stereocenters. The van der Waals surface area contributed by atoms with Gasteiger partial charge in [0.15, 0.2) is 11.6 Å². The van der Waals surface area contributed by atoms with Crippen LogP contribution in [0.25, 0.3) is 22.2 Å². The van der Waals surface area contributed by atoms with E-state index in [1.165, 1.54) is 33.4 Å². The second kappa shape index (κ2) is 18.4. The van der Waals surface area contributed by atoms with Crippen molar-refractivity contribution in [3.05, 3.63) is 112 Å². The van der Waals surface area contributed by atoms with Crippen LogP contribution in [0, 0.1) is 18.2 Å². The van der Waals surface area contributed by atoms with Crippen LogP contribution in [0.2, 0.25) is 5.02 Å². The predicted octanol–water partition coefficient (Wildman–Crippen LogP) is 11.1. The minimum Gasteiger partial charge on any atom is -0.497 e. The molecule has 6 heterocycles. The van der Waals surface area contributed by atoms with Gasteiger partial charge in [0.1, 0.15) is 47.7 Å². The number of aryl methyl sites for hydroxylation is 1. The molecule has 21 heteroatoms. The Bertz CT molecular complexity index is 3030. The summed E-state index contributed by atoms with van der Waals surface area (Å²) in [4.78, 5) is 35.5. The minimum atomic E-state index is -5.08. The van der Waals surface area contributed by atoms with E-state index in [2.05, 4.69) is 20.3 Å². The van der Waals surface area contributed by atoms with E-state index < -0.39 is 68.4 Å². The molecule has 0 unspecified atom stereocenters. The number of rotatable bonds is 14. The molecule has 3 fully saturated rings. The number of amides is 1. The highest BCUT2D eigenvalue weighted by molar-refractivity contribution is 6.36. The lowest BCUT2D eigenvalue weighted by Crippen LogP contribution is -2.43. The maximum absolute atomic E-state index is 18.2. The van der Waals surface area contributed by atoms with Gasteiger partial charge in [0.2, 0.25) is 0 Å². The molecule has 6 aromatic rings. The van der Waals surface area contributed by atoms with Gasteiger partial charge in [0.05, 0.1) is 65.0 Å². The predicted molar refractivity (Wildman–Crippen MR) is 256 cm³/mol. The lowest BCUT2D eigenvalue weighted by molar-refractivity contribution is -0.137. The average molecular weight is 1020 g/mol. The zero-order valence-corrected chi connectivity index (χ0v) is 40.3. The van der Waals surface area contributed by atoms with Crippen LogP contribution < -0.4 is 34.1 Å². The Hall–Kier alpha value is -6.80. The largest absolute Gasteiger partial charge is 0.497 e. The number of fused-ring (bicyclic) bond motifs is 1. The smallest absolute Gasteiger partial charge is 0.418 e. The molecule has 3 aromatic carbocycles. The number of carboxylic acid groups (broad SMARTS) is 1. The molecule has 10 rings (SSSR count). The third kappa shape index (κ3) is 8.75. The van der Waals surface area contributed by atoms with Gasteiger partial charge in [0, 0.05) is 37.8 Å².